The van der Waals surface area contributed by atoms with Gasteiger partial charge < -0.3 is 19.9 Å². The van der Waals surface area contributed by atoms with Crippen molar-refractivity contribution in [3.8, 4) is 11.4 Å². The quantitative estimate of drug-likeness (QED) is 0.290. The normalized spacial score (nSPS) is 16.5. The summed E-state index contributed by atoms with van der Waals surface area (Å²) in [6.07, 6.45) is 0.313. The van der Waals surface area contributed by atoms with Crippen LogP contribution in [0, 0.1) is 13.8 Å². The number of aryl methyl sites for hydroxylation is 2. The molecule has 1 saturated carbocycles. The zero-order valence-electron chi connectivity index (χ0n) is 20.6. The monoisotopic (exact) mass is 542 g/mol. The predicted octanol–water partition coefficient (Wildman–Crippen LogP) is 5.14. The summed E-state index contributed by atoms with van der Waals surface area (Å²) in [6, 6.07) is 7.61. The van der Waals surface area contributed by atoms with Crippen molar-refractivity contribution in [3.05, 3.63) is 46.9 Å². The van der Waals surface area contributed by atoms with Gasteiger partial charge in [0.1, 0.15) is 16.8 Å². The van der Waals surface area contributed by atoms with Crippen molar-refractivity contribution in [1.29, 1.82) is 0 Å². The first-order valence-corrected chi connectivity index (χ1v) is 12.8. The number of pyridine rings is 1. The minimum absolute atomic E-state index is 0.108. The summed E-state index contributed by atoms with van der Waals surface area (Å²) in [5, 5.41) is 11.8. The zero-order chi connectivity index (χ0) is 26.9. The van der Waals surface area contributed by atoms with Crippen LogP contribution < -0.4 is 10.6 Å². The van der Waals surface area contributed by atoms with Crippen LogP contribution in [0.25, 0.3) is 22.2 Å². The minimum atomic E-state index is -2.81. The van der Waals surface area contributed by atoms with Gasteiger partial charge in [-0.25, -0.2) is 23.5 Å². The molecule has 1 fully saturated rings. The first kappa shape index (κ1) is 25.6. The zero-order valence-corrected chi connectivity index (χ0v) is 21.4. The van der Waals surface area contributed by atoms with E-state index in [1.54, 1.807) is 20.0 Å². The highest BCUT2D eigenvalue weighted by Gasteiger charge is 2.41. The third-order valence-electron chi connectivity index (χ3n) is 6.06. The van der Waals surface area contributed by atoms with E-state index in [-0.39, 0.29) is 35.2 Å². The van der Waals surface area contributed by atoms with Crippen molar-refractivity contribution in [2.24, 2.45) is 0 Å². The maximum absolute atomic E-state index is 13.4. The number of nitrogens with zero attached hydrogens (tertiary/aromatic N) is 4. The van der Waals surface area contributed by atoms with Crippen molar-refractivity contribution >= 4 is 44.9 Å². The lowest BCUT2D eigenvalue weighted by molar-refractivity contribution is -0.116. The van der Waals surface area contributed by atoms with E-state index in [9.17, 15) is 18.4 Å². The van der Waals surface area contributed by atoms with Crippen molar-refractivity contribution in [2.75, 3.05) is 17.2 Å². The highest BCUT2D eigenvalue weighted by Crippen LogP contribution is 2.37. The van der Waals surface area contributed by atoms with E-state index in [1.165, 1.54) is 0 Å². The second kappa shape index (κ2) is 10.4. The van der Waals surface area contributed by atoms with Crippen LogP contribution in [0.3, 0.4) is 0 Å². The molecule has 10 nitrogen and oxygen atoms in total. The summed E-state index contributed by atoms with van der Waals surface area (Å²) in [4.78, 5) is 38.0. The molecule has 13 heteroatoms. The number of hydrogen-bond donors (Lipinski definition) is 2. The van der Waals surface area contributed by atoms with Crippen LogP contribution in [0.1, 0.15) is 46.9 Å². The third-order valence-corrected chi connectivity index (χ3v) is 7.11. The Hall–Kier alpha value is -4.00. The average molecular weight is 543 g/mol. The average Bonchev–Trinajstić information content (AvgIpc) is 3.56. The topological polar surface area (TPSA) is 132 Å². The van der Waals surface area contributed by atoms with E-state index in [2.05, 4.69) is 30.7 Å². The molecule has 0 aliphatic heterocycles. The van der Waals surface area contributed by atoms with E-state index in [1.807, 2.05) is 24.3 Å². The molecule has 0 spiro atoms. The van der Waals surface area contributed by atoms with Gasteiger partial charge in [0.2, 0.25) is 17.6 Å². The summed E-state index contributed by atoms with van der Waals surface area (Å²) < 4.78 is 37.1. The van der Waals surface area contributed by atoms with Gasteiger partial charge in [0, 0.05) is 49.9 Å². The molecule has 0 saturated heterocycles. The van der Waals surface area contributed by atoms with Crippen molar-refractivity contribution in [2.45, 2.75) is 51.6 Å². The van der Waals surface area contributed by atoms with Crippen LogP contribution in [-0.4, -0.2) is 50.6 Å². The molecule has 198 valence electrons. The lowest BCUT2D eigenvalue weighted by atomic mass is 10.1. The number of fused-ring (bicyclic) bond motifs is 1. The fourth-order valence-electron chi connectivity index (χ4n) is 4.20. The van der Waals surface area contributed by atoms with E-state index in [4.69, 9.17) is 9.26 Å². The van der Waals surface area contributed by atoms with E-state index in [0.29, 0.717) is 29.8 Å². The number of anilines is 2. The summed E-state index contributed by atoms with van der Waals surface area (Å²) in [5.74, 6) is -2.29. The number of nitrogens with one attached hydrogen (secondary N) is 2. The van der Waals surface area contributed by atoms with E-state index < -0.39 is 24.4 Å². The number of benzene rings is 1. The number of carbonyl (C=O) groups is 2. The highest BCUT2D eigenvalue weighted by molar-refractivity contribution is 7.17. The molecule has 2 N–H and O–H groups in total. The number of carbonyl (C=O) groups excluding carboxylic acids is 2. The Labute approximate surface area is 219 Å². The van der Waals surface area contributed by atoms with E-state index in [0.717, 1.165) is 27.7 Å². The molecular weight excluding hydrogens is 518 g/mol. The summed E-state index contributed by atoms with van der Waals surface area (Å²) in [5.41, 5.74) is 1.14. The van der Waals surface area contributed by atoms with Gasteiger partial charge in [0.05, 0.1) is 5.69 Å². The Morgan fingerprint density at radius 2 is 2.08 bits per heavy atom. The van der Waals surface area contributed by atoms with Gasteiger partial charge in [-0.3, -0.25) is 4.79 Å². The van der Waals surface area contributed by atoms with Crippen LogP contribution in [0.2, 0.25) is 0 Å². The first-order chi connectivity index (χ1) is 18.2. The number of ether oxygens (including phenoxy) is 1. The van der Waals surface area contributed by atoms with Gasteiger partial charge in [-0.1, -0.05) is 28.6 Å². The number of aromatic nitrogens is 4. The fraction of sp³-hybridized carbons (Fsp3) is 0.360. The molecule has 1 unspecified atom stereocenters. The SMILES string of the molecule is Cc1nc(-c2ccc3ccnc(NCCC(=O)Nc4nc(C)c(C(=O)OC5CCC(F)(F)C5)s4)c3c2)no1. The van der Waals surface area contributed by atoms with Crippen LogP contribution in [0.5, 0.6) is 0 Å². The lowest BCUT2D eigenvalue weighted by Gasteiger charge is -2.11. The molecule has 1 aromatic carbocycles. The Morgan fingerprint density at radius 1 is 1.24 bits per heavy atom. The van der Waals surface area contributed by atoms with Gasteiger partial charge in [-0.15, -0.1) is 0 Å². The molecule has 0 bridgehead atoms. The second-order valence-corrected chi connectivity index (χ2v) is 10.0. The summed E-state index contributed by atoms with van der Waals surface area (Å²) in [7, 11) is 0. The van der Waals surface area contributed by atoms with Crippen molar-refractivity contribution < 1.29 is 27.6 Å². The molecule has 3 aromatic heterocycles. The standard InChI is InChI=1S/C25H24F2N6O4S/c1-13-20(23(35)36-17-5-8-25(26,27)12-17)38-24(30-13)32-19(34)7-10-29-22-18-11-16(21-31-14(2)37-33-21)4-3-15(18)6-9-28-22/h3-4,6,9,11,17H,5,7-8,10,12H2,1-2H3,(H,28,29)(H,30,32,34). The number of hydrogen-bond acceptors (Lipinski definition) is 10. The van der Waals surface area contributed by atoms with Gasteiger partial charge >= 0.3 is 5.97 Å². The largest absolute Gasteiger partial charge is 0.458 e. The van der Waals surface area contributed by atoms with Gasteiger partial charge in [-0.2, -0.15) is 4.98 Å². The number of halogens is 2. The highest BCUT2D eigenvalue weighted by atomic mass is 32.1. The molecule has 4 aromatic rings. The van der Waals surface area contributed by atoms with Gasteiger partial charge in [0.15, 0.2) is 5.13 Å². The Balaban J connectivity index is 1.18. The number of rotatable bonds is 8. The Bertz CT molecular complexity index is 1500. The molecule has 3 heterocycles. The maximum Gasteiger partial charge on any atom is 0.350 e. The summed E-state index contributed by atoms with van der Waals surface area (Å²) >= 11 is 0.955. The summed E-state index contributed by atoms with van der Waals surface area (Å²) in [6.45, 7) is 3.61. The molecular formula is C25H24F2N6O4S. The lowest BCUT2D eigenvalue weighted by Crippen LogP contribution is -2.18. The molecule has 1 aliphatic rings. The van der Waals surface area contributed by atoms with Crippen LogP contribution in [-0.2, 0) is 9.53 Å². The minimum Gasteiger partial charge on any atom is -0.458 e. The Kier molecular flexibility index (Phi) is 7.02. The Morgan fingerprint density at radius 3 is 2.82 bits per heavy atom. The molecule has 1 amide bonds. The molecule has 1 aliphatic carbocycles. The number of alkyl halides is 2. The van der Waals surface area contributed by atoms with Crippen LogP contribution in [0.15, 0.2) is 35.0 Å². The predicted molar refractivity (Wildman–Crippen MR) is 136 cm³/mol. The van der Waals surface area contributed by atoms with Gasteiger partial charge in [-0.05, 0) is 30.9 Å². The molecule has 38 heavy (non-hydrogen) atoms. The number of thiazole rings is 1. The van der Waals surface area contributed by atoms with Crippen LogP contribution in [0.4, 0.5) is 19.7 Å². The number of esters is 1. The maximum atomic E-state index is 13.4. The molecule has 1 atom stereocenters. The second-order valence-electron chi connectivity index (χ2n) is 9.02. The van der Waals surface area contributed by atoms with Crippen molar-refractivity contribution in [3.63, 3.8) is 0 Å². The molecule has 0 radical (unpaired) electrons. The van der Waals surface area contributed by atoms with Gasteiger partial charge in [0.25, 0.3) is 5.92 Å². The smallest absolute Gasteiger partial charge is 0.350 e. The number of amides is 1. The van der Waals surface area contributed by atoms with Crippen molar-refractivity contribution in [1.82, 2.24) is 20.1 Å². The first-order valence-electron chi connectivity index (χ1n) is 12.0. The fourth-order valence-corrected chi connectivity index (χ4v) is 5.06. The van der Waals surface area contributed by atoms with E-state index >= 15 is 0 Å². The van der Waals surface area contributed by atoms with Crippen LogP contribution >= 0.6 is 11.3 Å². The third kappa shape index (κ3) is 5.77. The molecule has 5 rings (SSSR count).